The van der Waals surface area contributed by atoms with Crippen LogP contribution in [-0.4, -0.2) is 25.5 Å². The Balaban J connectivity index is 0.000000921. The van der Waals surface area contributed by atoms with Gasteiger partial charge >= 0.3 is 0 Å². The van der Waals surface area contributed by atoms with E-state index in [9.17, 15) is 0 Å². The molecule has 0 heterocycles. The summed E-state index contributed by atoms with van der Waals surface area (Å²) in [7, 11) is 4.25. The lowest BCUT2D eigenvalue weighted by atomic mass is 10.0. The van der Waals surface area contributed by atoms with E-state index in [4.69, 9.17) is 0 Å². The number of rotatable bonds is 4. The molecule has 0 aliphatic carbocycles. The zero-order valence-corrected chi connectivity index (χ0v) is 10.8. The molecule has 15 heavy (non-hydrogen) atoms. The van der Waals surface area contributed by atoms with Crippen molar-refractivity contribution in [3.63, 3.8) is 0 Å². The molecule has 0 radical (unpaired) electrons. The Hall–Kier alpha value is -0.820. The minimum Gasteiger partial charge on any atom is -0.309 e. The van der Waals surface area contributed by atoms with Gasteiger partial charge in [-0.05, 0) is 32.0 Å². The van der Waals surface area contributed by atoms with E-state index in [1.165, 1.54) is 12.0 Å². The summed E-state index contributed by atoms with van der Waals surface area (Å²) in [4.78, 5) is 2.24. The molecule has 0 saturated heterocycles. The van der Waals surface area contributed by atoms with Gasteiger partial charge < -0.3 is 4.90 Å². The van der Waals surface area contributed by atoms with Crippen molar-refractivity contribution in [3.8, 4) is 0 Å². The molecule has 1 rings (SSSR count). The van der Waals surface area contributed by atoms with E-state index in [2.05, 4.69) is 56.3 Å². The Bertz CT molecular complexity index is 228. The zero-order chi connectivity index (χ0) is 11.7. The van der Waals surface area contributed by atoms with Crippen molar-refractivity contribution in [2.45, 2.75) is 27.2 Å². The Morgan fingerprint density at radius 1 is 1.07 bits per heavy atom. The van der Waals surface area contributed by atoms with E-state index in [0.717, 1.165) is 12.5 Å². The Labute approximate surface area is 95.1 Å². The van der Waals surface area contributed by atoms with Crippen molar-refractivity contribution in [2.24, 2.45) is 5.92 Å². The van der Waals surface area contributed by atoms with Crippen LogP contribution in [0.4, 0.5) is 0 Å². The monoisotopic (exact) mass is 207 g/mol. The van der Waals surface area contributed by atoms with Crippen LogP contribution in [0.3, 0.4) is 0 Å². The van der Waals surface area contributed by atoms with Gasteiger partial charge in [-0.25, -0.2) is 0 Å². The highest BCUT2D eigenvalue weighted by atomic mass is 15.1. The van der Waals surface area contributed by atoms with E-state index in [0.29, 0.717) is 0 Å². The SMILES string of the molecule is CC.CC(Cc1ccccc1)CN(C)C. The molecule has 0 fully saturated rings. The lowest BCUT2D eigenvalue weighted by Crippen LogP contribution is -2.21. The molecule has 0 N–H and O–H groups in total. The molecule has 0 saturated carbocycles. The van der Waals surface area contributed by atoms with Crippen LogP contribution in [0.2, 0.25) is 0 Å². The van der Waals surface area contributed by atoms with Crippen LogP contribution in [-0.2, 0) is 6.42 Å². The van der Waals surface area contributed by atoms with Crippen LogP contribution in [0.15, 0.2) is 30.3 Å². The molecule has 1 unspecified atom stereocenters. The van der Waals surface area contributed by atoms with Crippen LogP contribution >= 0.6 is 0 Å². The van der Waals surface area contributed by atoms with E-state index >= 15 is 0 Å². The van der Waals surface area contributed by atoms with E-state index in [1.54, 1.807) is 0 Å². The third-order valence-corrected chi connectivity index (χ3v) is 2.10. The lowest BCUT2D eigenvalue weighted by Gasteiger charge is -2.16. The van der Waals surface area contributed by atoms with Gasteiger partial charge in [-0.3, -0.25) is 0 Å². The number of hydrogen-bond acceptors (Lipinski definition) is 1. The summed E-state index contributed by atoms with van der Waals surface area (Å²) in [5.74, 6) is 0.734. The van der Waals surface area contributed by atoms with Crippen molar-refractivity contribution in [2.75, 3.05) is 20.6 Å². The quantitative estimate of drug-likeness (QED) is 0.731. The van der Waals surface area contributed by atoms with Crippen LogP contribution < -0.4 is 0 Å². The van der Waals surface area contributed by atoms with Gasteiger partial charge in [-0.15, -0.1) is 0 Å². The molecule has 1 aromatic rings. The first-order valence-electron chi connectivity index (χ1n) is 5.87. The summed E-state index contributed by atoms with van der Waals surface area (Å²) < 4.78 is 0. The van der Waals surface area contributed by atoms with Crippen molar-refractivity contribution >= 4 is 0 Å². The van der Waals surface area contributed by atoms with Gasteiger partial charge in [0, 0.05) is 6.54 Å². The second kappa shape index (κ2) is 8.49. The maximum Gasteiger partial charge on any atom is 0.000410 e. The molecule has 0 aliphatic heterocycles. The highest BCUT2D eigenvalue weighted by molar-refractivity contribution is 5.15. The van der Waals surface area contributed by atoms with E-state index in [1.807, 2.05) is 13.8 Å². The van der Waals surface area contributed by atoms with E-state index < -0.39 is 0 Å². The fourth-order valence-corrected chi connectivity index (χ4v) is 1.70. The topological polar surface area (TPSA) is 3.24 Å². The highest BCUT2D eigenvalue weighted by Crippen LogP contribution is 2.08. The third-order valence-electron chi connectivity index (χ3n) is 2.10. The standard InChI is InChI=1S/C12H19N.C2H6/c1-11(10-13(2)3)9-12-7-5-4-6-8-12;1-2/h4-8,11H,9-10H2,1-3H3;1-2H3. The molecular weight excluding hydrogens is 182 g/mol. The van der Waals surface area contributed by atoms with Gasteiger partial charge in [-0.2, -0.15) is 0 Å². The van der Waals surface area contributed by atoms with Crippen molar-refractivity contribution in [3.05, 3.63) is 35.9 Å². The van der Waals surface area contributed by atoms with Gasteiger partial charge in [-0.1, -0.05) is 51.1 Å². The summed E-state index contributed by atoms with van der Waals surface area (Å²) in [6.07, 6.45) is 1.18. The summed E-state index contributed by atoms with van der Waals surface area (Å²) in [6.45, 7) is 7.46. The normalized spacial score (nSPS) is 11.9. The first-order valence-corrected chi connectivity index (χ1v) is 5.87. The van der Waals surface area contributed by atoms with Gasteiger partial charge in [0.15, 0.2) is 0 Å². The van der Waals surface area contributed by atoms with Crippen LogP contribution in [0.1, 0.15) is 26.3 Å². The van der Waals surface area contributed by atoms with Crippen molar-refractivity contribution in [1.29, 1.82) is 0 Å². The fourth-order valence-electron chi connectivity index (χ4n) is 1.70. The molecule has 0 bridgehead atoms. The average Bonchev–Trinajstić information content (AvgIpc) is 2.21. The number of hydrogen-bond donors (Lipinski definition) is 0. The van der Waals surface area contributed by atoms with Crippen molar-refractivity contribution < 1.29 is 0 Å². The zero-order valence-electron chi connectivity index (χ0n) is 10.8. The molecule has 0 amide bonds. The summed E-state index contributed by atoms with van der Waals surface area (Å²) in [6, 6.07) is 10.7. The summed E-state index contributed by atoms with van der Waals surface area (Å²) in [5.41, 5.74) is 1.44. The Morgan fingerprint density at radius 3 is 2.07 bits per heavy atom. The van der Waals surface area contributed by atoms with Crippen molar-refractivity contribution in [1.82, 2.24) is 4.90 Å². The largest absolute Gasteiger partial charge is 0.309 e. The molecule has 1 aromatic carbocycles. The molecule has 86 valence electrons. The number of benzene rings is 1. The molecule has 1 nitrogen and oxygen atoms in total. The molecule has 0 spiro atoms. The Kier molecular flexibility index (Phi) is 8.02. The molecule has 1 heteroatoms. The number of nitrogens with zero attached hydrogens (tertiary/aromatic N) is 1. The minimum absolute atomic E-state index is 0.734. The van der Waals surface area contributed by atoms with Crippen LogP contribution in [0.5, 0.6) is 0 Å². The van der Waals surface area contributed by atoms with Gasteiger partial charge in [0.1, 0.15) is 0 Å². The second-order valence-electron chi connectivity index (χ2n) is 4.06. The first-order chi connectivity index (χ1) is 7.18. The predicted octanol–water partition coefficient (Wildman–Crippen LogP) is 3.45. The van der Waals surface area contributed by atoms with Gasteiger partial charge in [0.25, 0.3) is 0 Å². The van der Waals surface area contributed by atoms with Crippen LogP contribution in [0, 0.1) is 5.92 Å². The second-order valence-corrected chi connectivity index (χ2v) is 4.06. The minimum atomic E-state index is 0.734. The summed E-state index contributed by atoms with van der Waals surface area (Å²) in [5, 5.41) is 0. The highest BCUT2D eigenvalue weighted by Gasteiger charge is 2.03. The fraction of sp³-hybridized carbons (Fsp3) is 0.571. The Morgan fingerprint density at radius 2 is 1.60 bits per heavy atom. The lowest BCUT2D eigenvalue weighted by molar-refractivity contribution is 0.338. The molecule has 1 atom stereocenters. The molecular formula is C14H25N. The molecule has 0 aromatic heterocycles. The van der Waals surface area contributed by atoms with Gasteiger partial charge in [0.2, 0.25) is 0 Å². The average molecular weight is 207 g/mol. The van der Waals surface area contributed by atoms with Gasteiger partial charge in [0.05, 0.1) is 0 Å². The maximum absolute atomic E-state index is 2.30. The molecule has 0 aliphatic rings. The maximum atomic E-state index is 2.30. The summed E-state index contributed by atoms with van der Waals surface area (Å²) >= 11 is 0. The predicted molar refractivity (Wildman–Crippen MR) is 69.2 cm³/mol. The van der Waals surface area contributed by atoms with Crippen LogP contribution in [0.25, 0.3) is 0 Å². The van der Waals surface area contributed by atoms with E-state index in [-0.39, 0.29) is 0 Å². The smallest absolute Gasteiger partial charge is 0.000410 e. The first kappa shape index (κ1) is 14.2. The third kappa shape index (κ3) is 7.15.